The first-order chi connectivity index (χ1) is 4.66. The Kier molecular flexibility index (Phi) is 5.56. The summed E-state index contributed by atoms with van der Waals surface area (Å²) in [6.45, 7) is 4.16. The summed E-state index contributed by atoms with van der Waals surface area (Å²) in [6, 6.07) is 0. The Balaban J connectivity index is 3.03. The van der Waals surface area contributed by atoms with Crippen molar-refractivity contribution in [2.45, 2.75) is 13.8 Å². The van der Waals surface area contributed by atoms with Crippen molar-refractivity contribution in [3.63, 3.8) is 0 Å². The lowest BCUT2D eigenvalue weighted by atomic mass is 10.2. The van der Waals surface area contributed by atoms with Gasteiger partial charge in [-0.1, -0.05) is 13.8 Å². The van der Waals surface area contributed by atoms with Gasteiger partial charge in [0.25, 0.3) is 0 Å². The molecule has 0 radical (unpaired) electrons. The van der Waals surface area contributed by atoms with Gasteiger partial charge in [0.1, 0.15) is 0 Å². The summed E-state index contributed by atoms with van der Waals surface area (Å²) in [5.41, 5.74) is 0. The fourth-order valence-corrected chi connectivity index (χ4v) is 0.251. The van der Waals surface area contributed by atoms with Crippen LogP contribution in [0.4, 0.5) is 0 Å². The topological polar surface area (TPSA) is 68.2 Å². The highest BCUT2D eigenvalue weighted by atomic mass is 17.2. The average molecular weight is 150 g/mol. The maximum absolute atomic E-state index is 8.35. The highest BCUT2D eigenvalue weighted by Gasteiger charge is 2.16. The second kappa shape index (κ2) is 5.63. The first-order valence-corrected chi connectivity index (χ1v) is 2.93. The molecule has 0 aromatic rings. The molecule has 5 nitrogen and oxygen atoms in total. The predicted molar refractivity (Wildman–Crippen MR) is 33.6 cm³/mol. The van der Waals surface area contributed by atoms with Crippen molar-refractivity contribution in [1.29, 1.82) is 0 Å². The van der Waals surface area contributed by atoms with Crippen LogP contribution in [0.25, 0.3) is 0 Å². The van der Waals surface area contributed by atoms with Gasteiger partial charge in [-0.05, 0) is 5.92 Å². The minimum absolute atomic E-state index is 0.297. The molecule has 0 atom stereocenters. The number of hydrogen-bond acceptors (Lipinski definition) is 5. The maximum atomic E-state index is 8.35. The van der Waals surface area contributed by atoms with Gasteiger partial charge in [-0.3, -0.25) is 5.26 Å². The molecule has 10 heavy (non-hydrogen) atoms. The third-order valence-corrected chi connectivity index (χ3v) is 0.642. The smallest absolute Gasteiger partial charge is 0.399 e. The molecule has 6 heteroatoms. The largest absolute Gasteiger partial charge is 0.693 e. The van der Waals surface area contributed by atoms with Gasteiger partial charge >= 0.3 is 7.32 Å². The zero-order valence-electron chi connectivity index (χ0n) is 5.98. The van der Waals surface area contributed by atoms with E-state index in [9.17, 15) is 0 Å². The molecular weight excluding hydrogens is 139 g/mol. The van der Waals surface area contributed by atoms with Gasteiger partial charge in [0.05, 0.1) is 6.61 Å². The minimum Gasteiger partial charge on any atom is -0.399 e. The summed E-state index contributed by atoms with van der Waals surface area (Å²) >= 11 is 0. The van der Waals surface area contributed by atoms with Crippen LogP contribution in [0, 0.1) is 5.92 Å². The summed E-state index contributed by atoms with van der Waals surface area (Å²) in [7, 11) is -1.72. The van der Waals surface area contributed by atoms with Crippen molar-refractivity contribution >= 4 is 7.32 Å². The van der Waals surface area contributed by atoms with Gasteiger partial charge in [-0.2, -0.15) is 0 Å². The van der Waals surface area contributed by atoms with Crippen molar-refractivity contribution in [2.24, 2.45) is 5.92 Å². The summed E-state index contributed by atoms with van der Waals surface area (Å²) in [5.74, 6) is 0.297. The Morgan fingerprint density at radius 1 is 1.50 bits per heavy atom. The highest BCUT2D eigenvalue weighted by Crippen LogP contribution is 1.93. The van der Waals surface area contributed by atoms with Crippen LogP contribution in [0.5, 0.6) is 0 Å². The van der Waals surface area contributed by atoms with Gasteiger partial charge in [-0.25, -0.2) is 14.5 Å². The fourth-order valence-electron chi connectivity index (χ4n) is 0.251. The third-order valence-electron chi connectivity index (χ3n) is 0.642. The van der Waals surface area contributed by atoms with E-state index in [4.69, 9.17) is 10.3 Å². The Labute approximate surface area is 59.5 Å². The fraction of sp³-hybridized carbons (Fsp3) is 1.00. The summed E-state index contributed by atoms with van der Waals surface area (Å²) in [4.78, 5) is 11.8. The maximum Gasteiger partial charge on any atom is 0.693 e. The molecule has 0 saturated heterocycles. The van der Waals surface area contributed by atoms with Crippen LogP contribution in [-0.4, -0.2) is 24.2 Å². The van der Waals surface area contributed by atoms with Crippen LogP contribution in [0.3, 0.4) is 0 Å². The lowest BCUT2D eigenvalue weighted by Crippen LogP contribution is -2.22. The molecule has 0 aromatic heterocycles. The molecule has 0 saturated carbocycles. The molecule has 0 fully saturated rings. The van der Waals surface area contributed by atoms with E-state index in [-0.39, 0.29) is 0 Å². The molecule has 2 N–H and O–H groups in total. The first-order valence-electron chi connectivity index (χ1n) is 2.93. The van der Waals surface area contributed by atoms with E-state index in [0.717, 1.165) is 0 Å². The molecule has 0 spiro atoms. The van der Waals surface area contributed by atoms with E-state index in [2.05, 4.69) is 14.5 Å². The van der Waals surface area contributed by atoms with Gasteiger partial charge in [0, 0.05) is 0 Å². The van der Waals surface area contributed by atoms with E-state index in [0.29, 0.717) is 12.5 Å². The molecule has 0 aliphatic rings. The summed E-state index contributed by atoms with van der Waals surface area (Å²) in [6.07, 6.45) is 0. The van der Waals surface area contributed by atoms with Crippen LogP contribution in [0.2, 0.25) is 0 Å². The SMILES string of the molecule is CC(C)COOB(O)OO. The molecule has 0 amide bonds. The number of rotatable bonds is 5. The zero-order chi connectivity index (χ0) is 7.98. The second-order valence-corrected chi connectivity index (χ2v) is 2.19. The van der Waals surface area contributed by atoms with Crippen LogP contribution in [-0.2, 0) is 14.5 Å². The monoisotopic (exact) mass is 150 g/mol. The summed E-state index contributed by atoms with van der Waals surface area (Å²) < 4.78 is 0. The highest BCUT2D eigenvalue weighted by molar-refractivity contribution is 6.33. The standard InChI is InChI=1S/C4H11BO5/c1-4(2)3-8-10-5(6)9-7/h4,6-7H,3H2,1-2H3. The normalized spacial score (nSPS) is 10.5. The average Bonchev–Trinajstić information content (AvgIpc) is 1.87. The first kappa shape index (κ1) is 9.86. The van der Waals surface area contributed by atoms with Crippen LogP contribution >= 0.6 is 0 Å². The molecule has 0 rings (SSSR count). The van der Waals surface area contributed by atoms with Crippen LogP contribution < -0.4 is 0 Å². The van der Waals surface area contributed by atoms with E-state index in [1.165, 1.54) is 0 Å². The molecule has 0 aromatic carbocycles. The Morgan fingerprint density at radius 3 is 2.50 bits per heavy atom. The Bertz CT molecular complexity index is 78.0. The van der Waals surface area contributed by atoms with Crippen molar-refractivity contribution in [1.82, 2.24) is 0 Å². The van der Waals surface area contributed by atoms with Crippen molar-refractivity contribution in [3.8, 4) is 0 Å². The lowest BCUT2D eigenvalue weighted by molar-refractivity contribution is -0.281. The molecule has 0 aliphatic carbocycles. The van der Waals surface area contributed by atoms with Crippen molar-refractivity contribution in [3.05, 3.63) is 0 Å². The third kappa shape index (κ3) is 5.99. The quantitative estimate of drug-likeness (QED) is 0.329. The van der Waals surface area contributed by atoms with E-state index in [1.54, 1.807) is 0 Å². The zero-order valence-corrected chi connectivity index (χ0v) is 5.98. The van der Waals surface area contributed by atoms with Gasteiger partial charge in [0.15, 0.2) is 0 Å². The lowest BCUT2D eigenvalue weighted by Gasteiger charge is -2.05. The predicted octanol–water partition coefficient (Wildman–Crippen LogP) is 0.0574. The van der Waals surface area contributed by atoms with Gasteiger partial charge in [-0.15, -0.1) is 0 Å². The number of hydrogen-bond donors (Lipinski definition) is 2. The van der Waals surface area contributed by atoms with Gasteiger partial charge < -0.3 is 5.02 Å². The Hall–Kier alpha value is -0.135. The Morgan fingerprint density at radius 2 is 2.10 bits per heavy atom. The van der Waals surface area contributed by atoms with Crippen molar-refractivity contribution < 1.29 is 24.8 Å². The summed E-state index contributed by atoms with van der Waals surface area (Å²) in [5, 5.41) is 16.1. The second-order valence-electron chi connectivity index (χ2n) is 2.19. The molecule has 0 heterocycles. The minimum atomic E-state index is -1.72. The molecular formula is C4H11BO5. The van der Waals surface area contributed by atoms with Crippen LogP contribution in [0.1, 0.15) is 13.8 Å². The van der Waals surface area contributed by atoms with Crippen LogP contribution in [0.15, 0.2) is 0 Å². The molecule has 0 unspecified atom stereocenters. The molecule has 0 aliphatic heterocycles. The van der Waals surface area contributed by atoms with Gasteiger partial charge in [0.2, 0.25) is 0 Å². The van der Waals surface area contributed by atoms with E-state index < -0.39 is 7.32 Å². The van der Waals surface area contributed by atoms with E-state index in [1.807, 2.05) is 13.8 Å². The van der Waals surface area contributed by atoms with Crippen molar-refractivity contribution in [2.75, 3.05) is 6.61 Å². The van der Waals surface area contributed by atoms with E-state index >= 15 is 0 Å². The molecule has 0 bridgehead atoms. The molecule has 60 valence electrons.